The quantitative estimate of drug-likeness (QED) is 0.123. The molecule has 2 N–H and O–H groups in total. The van der Waals surface area contributed by atoms with Gasteiger partial charge in [-0.3, -0.25) is 9.59 Å². The lowest BCUT2D eigenvalue weighted by molar-refractivity contribution is -0.144. The van der Waals surface area contributed by atoms with Gasteiger partial charge in [0.1, 0.15) is 18.1 Å². The average Bonchev–Trinajstić information content (AvgIpc) is 3.23. The molecule has 0 fully saturated rings. The molecule has 0 saturated carbocycles. The molecule has 5 aromatic carbocycles. The standard InChI is InChI=1S/C27H26O3.C20H22O3.CH4O/c1-29-24-15-14-22-12-13-23(17-27(28)30-19-21-10-6-3-7-11-21)25(26(22)18-24)16-20-8-4-2-5-9-20;1-23-17-10-9-15-7-8-16(12-20(21)22)18(19(15)13-17)11-14-5-3-2-4-6-14;1-2/h2-11,14-15,18H,12-13,16-17,19H2,1H3;2-6,9-10,13,16,18H,7-8,11-12H2,1H3,(H,21,22);2H,1H3. The van der Waals surface area contributed by atoms with Crippen LogP contribution in [-0.4, -0.2) is 43.5 Å². The Bertz CT molecular complexity index is 2010. The second-order valence-corrected chi connectivity index (χ2v) is 13.8. The summed E-state index contributed by atoms with van der Waals surface area (Å²) < 4.78 is 16.4. The molecule has 7 rings (SSSR count). The molecule has 0 bridgehead atoms. The molecule has 55 heavy (non-hydrogen) atoms. The van der Waals surface area contributed by atoms with E-state index in [9.17, 15) is 14.7 Å². The Morgan fingerprint density at radius 1 is 0.673 bits per heavy atom. The van der Waals surface area contributed by atoms with Gasteiger partial charge in [-0.15, -0.1) is 0 Å². The van der Waals surface area contributed by atoms with Crippen molar-refractivity contribution in [3.8, 4) is 11.5 Å². The first-order valence-electron chi connectivity index (χ1n) is 18.9. The predicted molar refractivity (Wildman–Crippen MR) is 217 cm³/mol. The van der Waals surface area contributed by atoms with Gasteiger partial charge in [-0.2, -0.15) is 0 Å². The molecule has 5 aromatic rings. The molecular weight excluding hydrogens is 689 g/mol. The summed E-state index contributed by atoms with van der Waals surface area (Å²) in [7, 11) is 4.36. The maximum absolute atomic E-state index is 12.6. The predicted octanol–water partition coefficient (Wildman–Crippen LogP) is 9.44. The van der Waals surface area contributed by atoms with Crippen LogP contribution in [0.15, 0.2) is 133 Å². The molecule has 7 heteroatoms. The van der Waals surface area contributed by atoms with Crippen LogP contribution in [0.3, 0.4) is 0 Å². The molecule has 0 aromatic heterocycles. The Hall–Kier alpha value is -5.66. The molecule has 2 aliphatic carbocycles. The van der Waals surface area contributed by atoms with Crippen molar-refractivity contribution in [2.24, 2.45) is 5.92 Å². The third kappa shape index (κ3) is 11.4. The third-order valence-electron chi connectivity index (χ3n) is 10.4. The first kappa shape index (κ1) is 40.5. The number of hydrogen-bond donors (Lipinski definition) is 2. The highest BCUT2D eigenvalue weighted by atomic mass is 16.5. The number of carboxylic acid groups (broad SMARTS) is 1. The van der Waals surface area contributed by atoms with Crippen LogP contribution in [0.1, 0.15) is 70.5 Å². The molecule has 2 aliphatic rings. The molecule has 0 amide bonds. The number of benzene rings is 5. The van der Waals surface area contributed by atoms with E-state index in [4.69, 9.17) is 19.3 Å². The van der Waals surface area contributed by atoms with Gasteiger partial charge < -0.3 is 24.4 Å². The number of esters is 1. The topological polar surface area (TPSA) is 102 Å². The smallest absolute Gasteiger partial charge is 0.310 e. The summed E-state index contributed by atoms with van der Waals surface area (Å²) in [5.74, 6) is 1.20. The first-order valence-corrected chi connectivity index (χ1v) is 18.9. The number of carboxylic acids is 1. The van der Waals surface area contributed by atoms with Gasteiger partial charge >= 0.3 is 11.9 Å². The highest BCUT2D eigenvalue weighted by molar-refractivity contribution is 5.82. The summed E-state index contributed by atoms with van der Waals surface area (Å²) in [6.07, 6.45) is 5.91. The zero-order valence-electron chi connectivity index (χ0n) is 32.1. The highest BCUT2D eigenvalue weighted by Gasteiger charge is 2.31. The molecule has 2 unspecified atom stereocenters. The number of rotatable bonds is 12. The monoisotopic (exact) mass is 740 g/mol. The van der Waals surface area contributed by atoms with E-state index >= 15 is 0 Å². The molecule has 0 spiro atoms. The SMILES string of the molecule is CO.COc1ccc2c(c1)C(Cc1ccccc1)=C(CC(=O)OCc1ccccc1)CC2.COc1ccc2c(c1)C(Cc1ccccc1)C(CC(=O)O)CC2. The molecule has 0 saturated heterocycles. The summed E-state index contributed by atoms with van der Waals surface area (Å²) in [4.78, 5) is 23.9. The highest BCUT2D eigenvalue weighted by Crippen LogP contribution is 2.42. The fourth-order valence-electron chi connectivity index (χ4n) is 7.67. The number of carbonyl (C=O) groups excluding carboxylic acids is 1. The van der Waals surface area contributed by atoms with Crippen molar-refractivity contribution in [1.82, 2.24) is 0 Å². The average molecular weight is 741 g/mol. The minimum atomic E-state index is -0.709. The maximum atomic E-state index is 12.6. The molecule has 7 nitrogen and oxygen atoms in total. The summed E-state index contributed by atoms with van der Waals surface area (Å²) in [6, 6.07) is 43.0. The molecule has 286 valence electrons. The van der Waals surface area contributed by atoms with E-state index in [1.54, 1.807) is 14.2 Å². The lowest BCUT2D eigenvalue weighted by atomic mass is 9.71. The van der Waals surface area contributed by atoms with Crippen LogP contribution >= 0.6 is 0 Å². The Balaban J connectivity index is 0.000000208. The van der Waals surface area contributed by atoms with Crippen LogP contribution in [0.2, 0.25) is 0 Å². The van der Waals surface area contributed by atoms with E-state index in [0.717, 1.165) is 68.3 Å². The van der Waals surface area contributed by atoms with Gasteiger partial charge in [0, 0.05) is 13.5 Å². The number of aliphatic hydroxyl groups excluding tert-OH is 1. The van der Waals surface area contributed by atoms with Gasteiger partial charge in [-0.1, -0.05) is 109 Å². The fraction of sp³-hybridized carbons (Fsp3) is 0.292. The number of fused-ring (bicyclic) bond motifs is 2. The normalized spacial score (nSPS) is 15.5. The minimum Gasteiger partial charge on any atom is -0.497 e. The Morgan fingerprint density at radius 3 is 1.87 bits per heavy atom. The van der Waals surface area contributed by atoms with E-state index in [2.05, 4.69) is 60.7 Å². The van der Waals surface area contributed by atoms with Gasteiger partial charge in [-0.25, -0.2) is 0 Å². The van der Waals surface area contributed by atoms with Gasteiger partial charge in [0.2, 0.25) is 0 Å². The van der Waals surface area contributed by atoms with Crippen molar-refractivity contribution in [2.45, 2.75) is 63.9 Å². The first-order chi connectivity index (χ1) is 26.9. The van der Waals surface area contributed by atoms with Gasteiger partial charge in [0.25, 0.3) is 0 Å². The fourth-order valence-corrected chi connectivity index (χ4v) is 7.67. The lowest BCUT2D eigenvalue weighted by Gasteiger charge is -2.33. The Morgan fingerprint density at radius 2 is 1.25 bits per heavy atom. The number of allylic oxidation sites excluding steroid dienone is 1. The lowest BCUT2D eigenvalue weighted by Crippen LogP contribution is -2.25. The number of methoxy groups -OCH3 is 2. The zero-order chi connectivity index (χ0) is 39.0. The van der Waals surface area contributed by atoms with E-state index < -0.39 is 5.97 Å². The summed E-state index contributed by atoms with van der Waals surface area (Å²) in [6.45, 7) is 0.311. The number of aliphatic hydroxyl groups is 1. The van der Waals surface area contributed by atoms with Crippen molar-refractivity contribution in [3.63, 3.8) is 0 Å². The van der Waals surface area contributed by atoms with Crippen molar-refractivity contribution in [3.05, 3.63) is 172 Å². The second-order valence-electron chi connectivity index (χ2n) is 13.8. The van der Waals surface area contributed by atoms with Crippen molar-refractivity contribution in [1.29, 1.82) is 0 Å². The van der Waals surface area contributed by atoms with E-state index in [1.165, 1.54) is 39.0 Å². The van der Waals surface area contributed by atoms with Crippen molar-refractivity contribution >= 4 is 17.5 Å². The van der Waals surface area contributed by atoms with Crippen LogP contribution in [0.25, 0.3) is 5.57 Å². The Kier molecular flexibility index (Phi) is 15.3. The largest absolute Gasteiger partial charge is 0.497 e. The van der Waals surface area contributed by atoms with Gasteiger partial charge in [0.05, 0.1) is 20.6 Å². The van der Waals surface area contributed by atoms with Crippen LogP contribution in [0, 0.1) is 5.92 Å². The van der Waals surface area contributed by atoms with Crippen LogP contribution in [0.4, 0.5) is 0 Å². The second kappa shape index (κ2) is 20.7. The molecule has 0 aliphatic heterocycles. The number of ether oxygens (including phenoxy) is 3. The number of aliphatic carboxylic acids is 1. The zero-order valence-corrected chi connectivity index (χ0v) is 32.1. The van der Waals surface area contributed by atoms with Gasteiger partial charge in [0.15, 0.2) is 0 Å². The number of aryl methyl sites for hydroxylation is 2. The summed E-state index contributed by atoms with van der Waals surface area (Å²) in [5, 5.41) is 16.3. The Labute approximate surface area is 325 Å². The number of carbonyl (C=O) groups is 2. The van der Waals surface area contributed by atoms with E-state index in [0.29, 0.717) is 13.0 Å². The van der Waals surface area contributed by atoms with Crippen LogP contribution < -0.4 is 9.47 Å². The van der Waals surface area contributed by atoms with Crippen LogP contribution in [0.5, 0.6) is 11.5 Å². The minimum absolute atomic E-state index is 0.173. The summed E-state index contributed by atoms with van der Waals surface area (Å²) >= 11 is 0. The van der Waals surface area contributed by atoms with Crippen LogP contribution in [-0.2, 0) is 46.6 Å². The third-order valence-corrected chi connectivity index (χ3v) is 10.4. The van der Waals surface area contributed by atoms with Crippen molar-refractivity contribution < 1.29 is 34.0 Å². The number of hydrogen-bond acceptors (Lipinski definition) is 6. The molecule has 0 heterocycles. The maximum Gasteiger partial charge on any atom is 0.310 e. The van der Waals surface area contributed by atoms with E-state index in [1.807, 2.05) is 66.7 Å². The molecule has 0 radical (unpaired) electrons. The van der Waals surface area contributed by atoms with Crippen molar-refractivity contribution in [2.75, 3.05) is 21.3 Å². The van der Waals surface area contributed by atoms with Gasteiger partial charge in [-0.05, 0) is 119 Å². The summed E-state index contributed by atoms with van der Waals surface area (Å²) in [5.41, 5.74) is 11.0. The van der Waals surface area contributed by atoms with E-state index in [-0.39, 0.29) is 24.2 Å². The molecule has 2 atom stereocenters. The molecular formula is C48H52O7.